The summed E-state index contributed by atoms with van der Waals surface area (Å²) in [5, 5.41) is 13.7. The number of hydrogen-bond donors (Lipinski definition) is 0. The first-order chi connectivity index (χ1) is 15.5. The maximum Gasteiger partial charge on any atom is 0.373 e. The van der Waals surface area contributed by atoms with Gasteiger partial charge in [-0.3, -0.25) is 10.1 Å². The zero-order valence-corrected chi connectivity index (χ0v) is 17.3. The molecule has 0 saturated carbocycles. The van der Waals surface area contributed by atoms with Gasteiger partial charge in [-0.25, -0.2) is 9.78 Å². The molecule has 160 valence electrons. The van der Waals surface area contributed by atoms with Gasteiger partial charge in [-0.1, -0.05) is 48.5 Å². The number of ether oxygens (including phenoxy) is 2. The van der Waals surface area contributed by atoms with Gasteiger partial charge in [-0.2, -0.15) is 4.98 Å². The van der Waals surface area contributed by atoms with Crippen molar-refractivity contribution in [3.8, 4) is 11.6 Å². The van der Waals surface area contributed by atoms with Crippen molar-refractivity contribution in [3.05, 3.63) is 88.7 Å². The van der Waals surface area contributed by atoms with E-state index in [1.54, 1.807) is 43.4 Å². The van der Waals surface area contributed by atoms with Crippen LogP contribution in [0.25, 0.3) is 10.8 Å². The minimum atomic E-state index is -0.604. The third-order valence-electron chi connectivity index (χ3n) is 4.90. The van der Waals surface area contributed by atoms with Crippen molar-refractivity contribution >= 4 is 33.9 Å². The predicted molar refractivity (Wildman–Crippen MR) is 119 cm³/mol. The van der Waals surface area contributed by atoms with E-state index in [0.717, 1.165) is 10.8 Å². The molecule has 0 aliphatic carbocycles. The van der Waals surface area contributed by atoms with E-state index in [-0.39, 0.29) is 17.3 Å². The first-order valence-electron chi connectivity index (χ1n) is 9.57. The van der Waals surface area contributed by atoms with Crippen molar-refractivity contribution in [3.63, 3.8) is 0 Å². The molecule has 0 aliphatic rings. The summed E-state index contributed by atoms with van der Waals surface area (Å²) in [6.45, 7) is 0. The molecule has 0 aliphatic heterocycles. The average molecular weight is 430 g/mol. The van der Waals surface area contributed by atoms with Crippen LogP contribution in [0, 0.1) is 10.1 Å². The molecule has 0 amide bonds. The van der Waals surface area contributed by atoms with E-state index in [2.05, 4.69) is 9.97 Å². The summed E-state index contributed by atoms with van der Waals surface area (Å²) in [6, 6.07) is 19.5. The molecule has 4 rings (SSSR count). The topological polar surface area (TPSA) is 108 Å². The Morgan fingerprint density at radius 2 is 1.72 bits per heavy atom. The zero-order valence-electron chi connectivity index (χ0n) is 17.3. The summed E-state index contributed by atoms with van der Waals surface area (Å²) < 4.78 is 10.7. The quantitative estimate of drug-likeness (QED) is 0.242. The van der Waals surface area contributed by atoms with Crippen LogP contribution >= 0.6 is 0 Å². The molecular formula is C23H18N4O5. The highest BCUT2D eigenvalue weighted by atomic mass is 16.6. The van der Waals surface area contributed by atoms with E-state index < -0.39 is 16.6 Å². The lowest BCUT2D eigenvalue weighted by molar-refractivity contribution is -0.385. The number of carbonyl (C=O) groups is 1. The number of rotatable bonds is 6. The molecule has 0 N–H and O–H groups in total. The summed E-state index contributed by atoms with van der Waals surface area (Å²) in [5.41, 5.74) is 0.196. The second-order valence-corrected chi connectivity index (χ2v) is 6.76. The highest BCUT2D eigenvalue weighted by molar-refractivity contribution is 5.97. The number of para-hydroxylation sites is 1. The molecular weight excluding hydrogens is 412 g/mol. The lowest BCUT2D eigenvalue weighted by atomic mass is 10.1. The second-order valence-electron chi connectivity index (χ2n) is 6.76. The van der Waals surface area contributed by atoms with E-state index in [4.69, 9.17) is 9.47 Å². The van der Waals surface area contributed by atoms with Crippen LogP contribution in [-0.4, -0.2) is 35.0 Å². The van der Waals surface area contributed by atoms with Gasteiger partial charge in [-0.05, 0) is 23.6 Å². The van der Waals surface area contributed by atoms with E-state index in [1.165, 1.54) is 18.3 Å². The number of aromatic nitrogens is 2. The second kappa shape index (κ2) is 8.68. The van der Waals surface area contributed by atoms with E-state index in [1.807, 2.05) is 30.3 Å². The van der Waals surface area contributed by atoms with Crippen LogP contribution in [0.4, 0.5) is 17.2 Å². The standard InChI is InChI=1S/C23H18N4O5/c1-26(18-12-6-5-11-17(18)23(28)31-2)21-20(27(29)30)22(25-14-24-21)32-19-13-7-9-15-8-3-4-10-16(15)19/h3-14H,1-2H3. The van der Waals surface area contributed by atoms with Crippen LogP contribution in [0.5, 0.6) is 11.6 Å². The third-order valence-corrected chi connectivity index (χ3v) is 4.90. The third kappa shape index (κ3) is 3.79. The Morgan fingerprint density at radius 3 is 2.50 bits per heavy atom. The molecule has 0 unspecified atom stereocenters. The Hall–Kier alpha value is -4.53. The Balaban J connectivity index is 1.82. The van der Waals surface area contributed by atoms with Crippen molar-refractivity contribution < 1.29 is 19.2 Å². The number of hydrogen-bond acceptors (Lipinski definition) is 8. The molecule has 0 radical (unpaired) electrons. The Labute approximate surface area is 183 Å². The number of carbonyl (C=O) groups excluding carboxylic acids is 1. The molecule has 9 nitrogen and oxygen atoms in total. The first-order valence-corrected chi connectivity index (χ1v) is 9.57. The van der Waals surface area contributed by atoms with Crippen LogP contribution in [0.3, 0.4) is 0 Å². The minimum absolute atomic E-state index is 0.0309. The molecule has 9 heteroatoms. The van der Waals surface area contributed by atoms with Gasteiger partial charge in [0.1, 0.15) is 12.1 Å². The summed E-state index contributed by atoms with van der Waals surface area (Å²) in [5.74, 6) is -0.389. The number of methoxy groups -OCH3 is 1. The average Bonchev–Trinajstić information content (AvgIpc) is 2.83. The van der Waals surface area contributed by atoms with E-state index >= 15 is 0 Å². The predicted octanol–water partition coefficient (Wildman–Crippen LogP) is 4.88. The molecule has 32 heavy (non-hydrogen) atoms. The maximum absolute atomic E-state index is 12.2. The van der Waals surface area contributed by atoms with Crippen LogP contribution < -0.4 is 9.64 Å². The fourth-order valence-corrected chi connectivity index (χ4v) is 3.39. The van der Waals surface area contributed by atoms with Crippen molar-refractivity contribution in [2.75, 3.05) is 19.1 Å². The molecule has 0 spiro atoms. The maximum atomic E-state index is 12.2. The first kappa shape index (κ1) is 20.7. The largest absolute Gasteiger partial charge is 0.465 e. The van der Waals surface area contributed by atoms with Gasteiger partial charge in [0, 0.05) is 12.4 Å². The zero-order chi connectivity index (χ0) is 22.7. The lowest BCUT2D eigenvalue weighted by Gasteiger charge is -2.21. The van der Waals surface area contributed by atoms with Crippen LogP contribution in [-0.2, 0) is 4.74 Å². The van der Waals surface area contributed by atoms with Crippen molar-refractivity contribution in [1.82, 2.24) is 9.97 Å². The molecule has 3 aromatic carbocycles. The number of benzene rings is 3. The fraction of sp³-hybridized carbons (Fsp3) is 0.0870. The highest BCUT2D eigenvalue weighted by Gasteiger charge is 2.29. The van der Waals surface area contributed by atoms with Gasteiger partial charge in [0.15, 0.2) is 0 Å². The Morgan fingerprint density at radius 1 is 1.00 bits per heavy atom. The monoisotopic (exact) mass is 430 g/mol. The van der Waals surface area contributed by atoms with Crippen molar-refractivity contribution in [2.24, 2.45) is 0 Å². The Bertz CT molecular complexity index is 1320. The summed E-state index contributed by atoms with van der Waals surface area (Å²) in [7, 11) is 2.83. The van der Waals surface area contributed by atoms with Crippen LogP contribution in [0.15, 0.2) is 73.1 Å². The summed E-state index contributed by atoms with van der Waals surface area (Å²) >= 11 is 0. The number of nitrogens with zero attached hydrogens (tertiary/aromatic N) is 4. The Kier molecular flexibility index (Phi) is 5.63. The van der Waals surface area contributed by atoms with Crippen molar-refractivity contribution in [1.29, 1.82) is 0 Å². The number of nitro groups is 1. The van der Waals surface area contributed by atoms with E-state index in [0.29, 0.717) is 11.4 Å². The molecule has 1 heterocycles. The molecule has 0 saturated heterocycles. The fourth-order valence-electron chi connectivity index (χ4n) is 3.39. The molecule has 0 fully saturated rings. The number of anilines is 2. The van der Waals surface area contributed by atoms with Crippen molar-refractivity contribution in [2.45, 2.75) is 0 Å². The van der Waals surface area contributed by atoms with Gasteiger partial charge in [0.25, 0.3) is 0 Å². The molecule has 0 bridgehead atoms. The van der Waals surface area contributed by atoms with Gasteiger partial charge in [0.05, 0.1) is 23.3 Å². The van der Waals surface area contributed by atoms with Gasteiger partial charge in [-0.15, -0.1) is 0 Å². The number of esters is 1. The van der Waals surface area contributed by atoms with Crippen LogP contribution in [0.2, 0.25) is 0 Å². The van der Waals surface area contributed by atoms with Gasteiger partial charge < -0.3 is 14.4 Å². The van der Waals surface area contributed by atoms with Gasteiger partial charge >= 0.3 is 17.5 Å². The molecule has 4 aromatic rings. The van der Waals surface area contributed by atoms with Crippen LogP contribution in [0.1, 0.15) is 10.4 Å². The molecule has 1 aromatic heterocycles. The SMILES string of the molecule is COC(=O)c1ccccc1N(C)c1ncnc(Oc2cccc3ccccc23)c1[N+](=O)[O-]. The molecule has 0 atom stereocenters. The smallest absolute Gasteiger partial charge is 0.373 e. The normalized spacial score (nSPS) is 10.6. The summed E-state index contributed by atoms with van der Waals surface area (Å²) in [4.78, 5) is 33.2. The summed E-state index contributed by atoms with van der Waals surface area (Å²) in [6.07, 6.45) is 1.18. The lowest BCUT2D eigenvalue weighted by Crippen LogP contribution is -2.18. The van der Waals surface area contributed by atoms with Gasteiger partial charge in [0.2, 0.25) is 5.82 Å². The van der Waals surface area contributed by atoms with E-state index in [9.17, 15) is 14.9 Å². The highest BCUT2D eigenvalue weighted by Crippen LogP contribution is 2.40. The number of fused-ring (bicyclic) bond motifs is 1. The minimum Gasteiger partial charge on any atom is -0.465 e.